The molecule has 342 valence electrons. The summed E-state index contributed by atoms with van der Waals surface area (Å²) >= 11 is 0. The Bertz CT molecular complexity index is 1130. The summed E-state index contributed by atoms with van der Waals surface area (Å²) in [5, 5.41) is 30.9. The molecule has 0 bridgehead atoms. The van der Waals surface area contributed by atoms with Gasteiger partial charge in [0.2, 0.25) is 0 Å². The van der Waals surface area contributed by atoms with E-state index in [-0.39, 0.29) is 19.4 Å². The van der Waals surface area contributed by atoms with E-state index in [1.165, 1.54) is 128 Å². The van der Waals surface area contributed by atoms with Crippen molar-refractivity contribution in [3.63, 3.8) is 0 Å². The van der Waals surface area contributed by atoms with E-state index in [9.17, 15) is 37.9 Å². The number of aliphatic hydroxyl groups excluding tert-OH is 3. The molecule has 0 aromatic carbocycles. The van der Waals surface area contributed by atoms with Gasteiger partial charge in [-0.15, -0.1) is 0 Å². The third kappa shape index (κ3) is 30.4. The Morgan fingerprint density at radius 1 is 0.569 bits per heavy atom. The molecule has 0 aromatic heterocycles. The third-order valence-corrected chi connectivity index (χ3v) is 11.6. The van der Waals surface area contributed by atoms with Crippen LogP contribution in [0.15, 0.2) is 12.2 Å². The molecule has 0 amide bonds. The number of rotatable bonds is 39. The van der Waals surface area contributed by atoms with Crippen molar-refractivity contribution in [2.24, 2.45) is 0 Å². The second-order valence-electron chi connectivity index (χ2n) is 16.4. The fraction of sp³-hybridized carbons (Fsp3) is 0.911. The summed E-state index contributed by atoms with van der Waals surface area (Å²) in [4.78, 5) is 25.4. The summed E-state index contributed by atoms with van der Waals surface area (Å²) in [6.07, 6.45) is 28.2. The fourth-order valence-electron chi connectivity index (χ4n) is 7.20. The van der Waals surface area contributed by atoms with E-state index in [4.69, 9.17) is 18.9 Å². The zero-order chi connectivity index (χ0) is 42.7. The topological polar surface area (TPSA) is 186 Å². The molecule has 4 N–H and O–H groups in total. The van der Waals surface area contributed by atoms with Crippen molar-refractivity contribution in [2.45, 2.75) is 243 Å². The monoisotopic (exact) mass is 849 g/mol. The summed E-state index contributed by atoms with van der Waals surface area (Å²) in [6, 6.07) is 0. The van der Waals surface area contributed by atoms with E-state index in [0.29, 0.717) is 12.8 Å². The Labute approximate surface area is 352 Å². The zero-order valence-corrected chi connectivity index (χ0v) is 37.2. The molecule has 0 spiro atoms. The van der Waals surface area contributed by atoms with Gasteiger partial charge in [-0.05, 0) is 38.5 Å². The molecule has 12 nitrogen and oxygen atoms in total. The summed E-state index contributed by atoms with van der Waals surface area (Å²) in [5.74, 6) is -1.97. The van der Waals surface area contributed by atoms with Gasteiger partial charge in [0, 0.05) is 12.8 Å². The average molecular weight is 849 g/mol. The average Bonchev–Trinajstić information content (AvgIpc) is 3.18. The van der Waals surface area contributed by atoms with Crippen LogP contribution >= 0.6 is 0 Å². The third-order valence-electron chi connectivity index (χ3n) is 10.8. The van der Waals surface area contributed by atoms with Crippen LogP contribution in [-0.4, -0.2) is 96.0 Å². The number of hydrogen-bond acceptors (Lipinski definition) is 11. The van der Waals surface area contributed by atoms with Gasteiger partial charge in [0.15, 0.2) is 12.4 Å². The van der Waals surface area contributed by atoms with Gasteiger partial charge in [0.1, 0.15) is 36.8 Å². The lowest BCUT2D eigenvalue weighted by Gasteiger charge is -2.40. The van der Waals surface area contributed by atoms with Crippen molar-refractivity contribution < 1.29 is 56.8 Å². The molecule has 0 saturated carbocycles. The number of hydrogen-bond donors (Lipinski definition) is 4. The van der Waals surface area contributed by atoms with Crippen LogP contribution in [0.5, 0.6) is 0 Å². The minimum absolute atomic E-state index is 0.166. The number of ether oxygens (including phenoxy) is 4. The van der Waals surface area contributed by atoms with Crippen molar-refractivity contribution in [2.75, 3.05) is 19.0 Å². The number of esters is 2. The molecule has 13 heteroatoms. The second kappa shape index (κ2) is 36.1. The van der Waals surface area contributed by atoms with Crippen molar-refractivity contribution in [3.8, 4) is 0 Å². The maximum Gasteiger partial charge on any atom is 0.306 e. The Morgan fingerprint density at radius 3 is 1.45 bits per heavy atom. The molecule has 6 atom stereocenters. The van der Waals surface area contributed by atoms with Gasteiger partial charge in [-0.1, -0.05) is 167 Å². The van der Waals surface area contributed by atoms with Crippen molar-refractivity contribution in [1.82, 2.24) is 0 Å². The van der Waals surface area contributed by atoms with Gasteiger partial charge in [-0.25, -0.2) is 0 Å². The molecule has 0 radical (unpaired) electrons. The number of carbonyl (C=O) groups is 2. The normalized spacial score (nSPS) is 20.4. The maximum atomic E-state index is 12.8. The van der Waals surface area contributed by atoms with Gasteiger partial charge in [0.25, 0.3) is 10.1 Å². The fourth-order valence-corrected chi connectivity index (χ4v) is 7.89. The van der Waals surface area contributed by atoms with Crippen molar-refractivity contribution in [1.29, 1.82) is 0 Å². The van der Waals surface area contributed by atoms with Crippen molar-refractivity contribution >= 4 is 22.1 Å². The first-order valence-electron chi connectivity index (χ1n) is 23.2. The molecule has 0 aromatic rings. The number of aliphatic hydroxyl groups is 3. The Kier molecular flexibility index (Phi) is 33.8. The molecule has 58 heavy (non-hydrogen) atoms. The van der Waals surface area contributed by atoms with Crippen molar-refractivity contribution in [3.05, 3.63) is 12.2 Å². The van der Waals surface area contributed by atoms with Crippen LogP contribution in [0, 0.1) is 0 Å². The summed E-state index contributed by atoms with van der Waals surface area (Å²) in [7, 11) is -4.60. The van der Waals surface area contributed by atoms with Gasteiger partial charge in [-0.2, -0.15) is 8.42 Å². The SMILES string of the molecule is CCCCCC/C=C/CCCCCCCCCCCC(=O)O[C@H](COC(=O)CCCCCCCCCCCCCCC)CO[C@H]1O[C@H](CS(=O)(=O)O)[C@@H](O)C(O)C1O. The highest BCUT2D eigenvalue weighted by molar-refractivity contribution is 7.85. The lowest BCUT2D eigenvalue weighted by atomic mass is 10.00. The van der Waals surface area contributed by atoms with E-state index in [2.05, 4.69) is 26.0 Å². The molecular weight excluding hydrogens is 765 g/mol. The van der Waals surface area contributed by atoms with Crippen LogP contribution in [0.1, 0.15) is 206 Å². The number of carbonyl (C=O) groups excluding carboxylic acids is 2. The molecule has 1 fully saturated rings. The summed E-state index contributed by atoms with van der Waals surface area (Å²) in [5.41, 5.74) is 0. The molecule has 1 aliphatic heterocycles. The predicted octanol–water partition coefficient (Wildman–Crippen LogP) is 9.45. The largest absolute Gasteiger partial charge is 0.462 e. The smallest absolute Gasteiger partial charge is 0.306 e. The zero-order valence-electron chi connectivity index (χ0n) is 36.4. The first kappa shape index (κ1) is 54.4. The van der Waals surface area contributed by atoms with E-state index in [1.54, 1.807) is 0 Å². The lowest BCUT2D eigenvalue weighted by molar-refractivity contribution is -0.297. The highest BCUT2D eigenvalue weighted by Crippen LogP contribution is 2.24. The van der Waals surface area contributed by atoms with Gasteiger partial charge < -0.3 is 34.3 Å². The standard InChI is InChI=1S/C45H84O12S/c1-3-5-7-9-11-13-15-17-18-19-20-22-24-26-28-30-32-34-41(47)56-38(36-55-45-44(50)43(49)42(48)39(57-45)37-58(51,52)53)35-54-40(46)33-31-29-27-25-23-21-16-14-12-10-8-6-4-2/h13,15,38-39,42-45,48-50H,3-12,14,16-37H2,1-2H3,(H,51,52,53)/b15-13+/t38-,39-,42-,43?,44?,45+/m1/s1. The summed E-state index contributed by atoms with van der Waals surface area (Å²) < 4.78 is 54.1. The lowest BCUT2D eigenvalue weighted by Crippen LogP contribution is -2.60. The molecule has 1 saturated heterocycles. The summed E-state index contributed by atoms with van der Waals surface area (Å²) in [6.45, 7) is 3.76. The minimum Gasteiger partial charge on any atom is -0.462 e. The molecule has 1 rings (SSSR count). The predicted molar refractivity (Wildman–Crippen MR) is 229 cm³/mol. The van der Waals surface area contributed by atoms with Crippen LogP contribution in [0.2, 0.25) is 0 Å². The van der Waals surface area contributed by atoms with Gasteiger partial charge >= 0.3 is 11.9 Å². The Morgan fingerprint density at radius 2 is 0.983 bits per heavy atom. The highest BCUT2D eigenvalue weighted by Gasteiger charge is 2.46. The van der Waals surface area contributed by atoms with Crippen LogP contribution < -0.4 is 0 Å². The van der Waals surface area contributed by atoms with E-state index < -0.39 is 71.2 Å². The van der Waals surface area contributed by atoms with E-state index in [1.807, 2.05) is 0 Å². The molecule has 0 aliphatic carbocycles. The van der Waals surface area contributed by atoms with Crippen LogP contribution in [0.3, 0.4) is 0 Å². The highest BCUT2D eigenvalue weighted by atomic mass is 32.2. The van der Waals surface area contributed by atoms with Crippen LogP contribution in [-0.2, 0) is 38.7 Å². The minimum atomic E-state index is -4.60. The molecule has 1 heterocycles. The van der Waals surface area contributed by atoms with E-state index >= 15 is 0 Å². The van der Waals surface area contributed by atoms with Gasteiger partial charge in [-0.3, -0.25) is 14.1 Å². The Hall–Kier alpha value is -1.61. The molecule has 1 aliphatic rings. The van der Waals surface area contributed by atoms with Crippen LogP contribution in [0.25, 0.3) is 0 Å². The molecular formula is C45H84O12S. The second-order valence-corrected chi connectivity index (χ2v) is 17.9. The quantitative estimate of drug-likeness (QED) is 0.0199. The maximum absolute atomic E-state index is 12.8. The number of allylic oxidation sites excluding steroid dienone is 2. The first-order valence-corrected chi connectivity index (χ1v) is 24.9. The Balaban J connectivity index is 2.42. The van der Waals surface area contributed by atoms with Gasteiger partial charge in [0.05, 0.1) is 6.61 Å². The van der Waals surface area contributed by atoms with Crippen LogP contribution in [0.4, 0.5) is 0 Å². The number of unbranched alkanes of at least 4 members (excludes halogenated alkanes) is 25. The van der Waals surface area contributed by atoms with E-state index in [0.717, 1.165) is 38.5 Å². The molecule has 2 unspecified atom stereocenters. The first-order chi connectivity index (χ1) is 28.0.